The predicted octanol–water partition coefficient (Wildman–Crippen LogP) is 7.69. The van der Waals surface area contributed by atoms with E-state index in [1.54, 1.807) is 13.2 Å². The number of aromatic hydroxyl groups is 2. The van der Waals surface area contributed by atoms with Gasteiger partial charge in [-0.3, -0.25) is 0 Å². The number of hydrogen-bond acceptors (Lipinski definition) is 3. The van der Waals surface area contributed by atoms with Crippen LogP contribution in [0.25, 0.3) is 0 Å². The fourth-order valence-electron chi connectivity index (χ4n) is 3.97. The summed E-state index contributed by atoms with van der Waals surface area (Å²) >= 11 is 0. The molecule has 2 N–H and O–H groups in total. The molecule has 1 rings (SSSR count). The third-order valence-corrected chi connectivity index (χ3v) is 5.71. The first kappa shape index (κ1) is 24.7. The second kappa shape index (κ2) is 15.5. The number of hydrogen-bond donors (Lipinski definition) is 2. The van der Waals surface area contributed by atoms with Gasteiger partial charge in [-0.05, 0) is 37.3 Å². The van der Waals surface area contributed by atoms with Crippen molar-refractivity contribution in [2.75, 3.05) is 7.11 Å². The van der Waals surface area contributed by atoms with Crippen LogP contribution < -0.4 is 4.74 Å². The summed E-state index contributed by atoms with van der Waals surface area (Å²) in [5.74, 6) is 0.311. The van der Waals surface area contributed by atoms with Crippen molar-refractivity contribution in [1.29, 1.82) is 0 Å². The molecule has 0 saturated heterocycles. The van der Waals surface area contributed by atoms with Crippen LogP contribution in [0, 0.1) is 0 Å². The molecule has 0 atom stereocenters. The van der Waals surface area contributed by atoms with Gasteiger partial charge in [0.1, 0.15) is 0 Å². The number of phenols is 2. The lowest BCUT2D eigenvalue weighted by molar-refractivity contribution is 0.346. The highest BCUT2D eigenvalue weighted by Gasteiger charge is 2.17. The molecule has 0 aliphatic rings. The molecule has 1 aromatic carbocycles. The Morgan fingerprint density at radius 1 is 0.679 bits per heavy atom. The van der Waals surface area contributed by atoms with Crippen LogP contribution in [0.2, 0.25) is 0 Å². The number of unbranched alkanes of at least 4 members (excludes halogenated alkanes) is 12. The molecule has 0 heterocycles. The molecule has 0 amide bonds. The molecule has 0 aliphatic carbocycles. The number of ether oxygens (including phenoxy) is 1. The van der Waals surface area contributed by atoms with E-state index in [0.717, 1.165) is 36.8 Å². The number of aryl methyl sites for hydroxylation is 1. The molecular formula is C25H44O3. The zero-order chi connectivity index (χ0) is 20.6. The quantitative estimate of drug-likeness (QED) is 0.211. The van der Waals surface area contributed by atoms with Crippen LogP contribution in [0.3, 0.4) is 0 Å². The smallest absolute Gasteiger partial charge is 0.200 e. The van der Waals surface area contributed by atoms with Crippen molar-refractivity contribution in [3.63, 3.8) is 0 Å². The first-order valence-electron chi connectivity index (χ1n) is 11.8. The van der Waals surface area contributed by atoms with Crippen molar-refractivity contribution in [3.8, 4) is 17.2 Å². The Labute approximate surface area is 173 Å². The Morgan fingerprint density at radius 3 is 1.64 bits per heavy atom. The molecule has 0 aromatic heterocycles. The van der Waals surface area contributed by atoms with Crippen LogP contribution in [0.15, 0.2) is 6.07 Å². The molecule has 0 saturated carbocycles. The second-order valence-electron chi connectivity index (χ2n) is 8.16. The predicted molar refractivity (Wildman–Crippen MR) is 120 cm³/mol. The lowest BCUT2D eigenvalue weighted by Gasteiger charge is -2.17. The van der Waals surface area contributed by atoms with E-state index in [0.29, 0.717) is 5.75 Å². The van der Waals surface area contributed by atoms with E-state index in [9.17, 15) is 10.2 Å². The lowest BCUT2D eigenvalue weighted by atomic mass is 9.94. The fourth-order valence-corrected chi connectivity index (χ4v) is 3.97. The molecule has 0 bridgehead atoms. The molecule has 0 radical (unpaired) electrons. The summed E-state index contributed by atoms with van der Waals surface area (Å²) in [6, 6.07) is 1.76. The Morgan fingerprint density at radius 2 is 1.14 bits per heavy atom. The highest BCUT2D eigenvalue weighted by molar-refractivity contribution is 5.57. The van der Waals surface area contributed by atoms with Crippen LogP contribution in [0.1, 0.15) is 115 Å². The average molecular weight is 393 g/mol. The number of benzene rings is 1. The van der Waals surface area contributed by atoms with Gasteiger partial charge in [-0.1, -0.05) is 90.9 Å². The molecule has 1 aromatic rings. The van der Waals surface area contributed by atoms with Crippen LogP contribution in [-0.4, -0.2) is 17.3 Å². The van der Waals surface area contributed by atoms with Crippen LogP contribution in [0.4, 0.5) is 0 Å². The summed E-state index contributed by atoms with van der Waals surface area (Å²) in [6.07, 6.45) is 19.7. The van der Waals surface area contributed by atoms with E-state index >= 15 is 0 Å². The van der Waals surface area contributed by atoms with Gasteiger partial charge in [0.25, 0.3) is 0 Å². The van der Waals surface area contributed by atoms with Gasteiger partial charge in [-0.2, -0.15) is 0 Å². The molecule has 3 nitrogen and oxygen atoms in total. The molecular weight excluding hydrogens is 348 g/mol. The molecule has 3 heteroatoms. The van der Waals surface area contributed by atoms with E-state index in [1.807, 2.05) is 0 Å². The third-order valence-electron chi connectivity index (χ3n) is 5.71. The van der Waals surface area contributed by atoms with Crippen LogP contribution >= 0.6 is 0 Å². The Hall–Kier alpha value is -1.38. The zero-order valence-electron chi connectivity index (χ0n) is 18.7. The summed E-state index contributed by atoms with van der Waals surface area (Å²) in [6.45, 7) is 4.49. The summed E-state index contributed by atoms with van der Waals surface area (Å²) in [7, 11) is 1.58. The van der Waals surface area contributed by atoms with Crippen molar-refractivity contribution < 1.29 is 14.9 Å². The van der Waals surface area contributed by atoms with Crippen LogP contribution in [0.5, 0.6) is 17.2 Å². The molecule has 162 valence electrons. The van der Waals surface area contributed by atoms with E-state index in [2.05, 4.69) is 13.8 Å². The minimum Gasteiger partial charge on any atom is -0.504 e. The van der Waals surface area contributed by atoms with Crippen LogP contribution in [-0.2, 0) is 12.8 Å². The monoisotopic (exact) mass is 392 g/mol. The topological polar surface area (TPSA) is 49.7 Å². The van der Waals surface area contributed by atoms with Gasteiger partial charge >= 0.3 is 0 Å². The van der Waals surface area contributed by atoms with Gasteiger partial charge in [0.15, 0.2) is 11.5 Å². The first-order valence-corrected chi connectivity index (χ1v) is 11.8. The third kappa shape index (κ3) is 9.21. The van der Waals surface area contributed by atoms with Crippen molar-refractivity contribution in [2.45, 2.75) is 117 Å². The van der Waals surface area contributed by atoms with E-state index in [1.165, 1.54) is 77.0 Å². The van der Waals surface area contributed by atoms with Gasteiger partial charge in [0, 0.05) is 5.56 Å². The highest BCUT2D eigenvalue weighted by atomic mass is 16.5. The maximum Gasteiger partial charge on any atom is 0.200 e. The molecule has 0 aliphatic heterocycles. The number of rotatable bonds is 17. The maximum absolute atomic E-state index is 10.2. The van der Waals surface area contributed by atoms with Crippen molar-refractivity contribution in [2.24, 2.45) is 0 Å². The molecule has 0 fully saturated rings. The Bertz CT molecular complexity index is 525. The fraction of sp³-hybridized carbons (Fsp3) is 0.760. The summed E-state index contributed by atoms with van der Waals surface area (Å²) in [4.78, 5) is 0. The SMILES string of the molecule is CCCCCCCCCc1cc(O)c(O)c(OC)c1CCCCCCCCC. The van der Waals surface area contributed by atoms with E-state index < -0.39 is 0 Å². The Kier molecular flexibility index (Phi) is 13.7. The average Bonchev–Trinajstić information content (AvgIpc) is 2.69. The van der Waals surface area contributed by atoms with Gasteiger partial charge in [0.2, 0.25) is 5.75 Å². The van der Waals surface area contributed by atoms with Gasteiger partial charge in [-0.25, -0.2) is 0 Å². The summed E-state index contributed by atoms with van der Waals surface area (Å²) in [5.41, 5.74) is 2.24. The van der Waals surface area contributed by atoms with Gasteiger partial charge < -0.3 is 14.9 Å². The normalized spacial score (nSPS) is 11.1. The summed E-state index contributed by atoms with van der Waals surface area (Å²) in [5, 5.41) is 20.3. The molecule has 28 heavy (non-hydrogen) atoms. The lowest BCUT2D eigenvalue weighted by Crippen LogP contribution is -2.01. The largest absolute Gasteiger partial charge is 0.504 e. The second-order valence-corrected chi connectivity index (χ2v) is 8.16. The minimum atomic E-state index is -0.108. The standard InChI is InChI=1S/C25H44O3/c1-4-6-8-10-12-14-16-18-21-20-23(26)24(27)25(28-3)22(21)19-17-15-13-11-9-7-5-2/h20,26-27H,4-19H2,1-3H3. The summed E-state index contributed by atoms with van der Waals surface area (Å²) < 4.78 is 5.47. The van der Waals surface area contributed by atoms with Crippen molar-refractivity contribution in [3.05, 3.63) is 17.2 Å². The molecule has 0 unspecified atom stereocenters. The zero-order valence-corrected chi connectivity index (χ0v) is 18.7. The van der Waals surface area contributed by atoms with Crippen molar-refractivity contribution >= 4 is 0 Å². The number of phenolic OH excluding ortho intramolecular Hbond substituents is 2. The Balaban J connectivity index is 2.57. The van der Waals surface area contributed by atoms with Gasteiger partial charge in [0.05, 0.1) is 7.11 Å². The van der Waals surface area contributed by atoms with E-state index in [-0.39, 0.29) is 11.5 Å². The van der Waals surface area contributed by atoms with E-state index in [4.69, 9.17) is 4.74 Å². The minimum absolute atomic E-state index is 0.0573. The number of methoxy groups -OCH3 is 1. The first-order chi connectivity index (χ1) is 13.7. The van der Waals surface area contributed by atoms with Crippen molar-refractivity contribution in [1.82, 2.24) is 0 Å². The highest BCUT2D eigenvalue weighted by Crippen LogP contribution is 2.41. The molecule has 0 spiro atoms. The maximum atomic E-state index is 10.2. The van der Waals surface area contributed by atoms with Gasteiger partial charge in [-0.15, -0.1) is 0 Å².